The van der Waals surface area contributed by atoms with Gasteiger partial charge >= 0.3 is 0 Å². The molecule has 0 aliphatic carbocycles. The van der Waals surface area contributed by atoms with Crippen LogP contribution >= 0.6 is 0 Å². The van der Waals surface area contributed by atoms with Gasteiger partial charge in [-0.05, 0) is 32.4 Å². The lowest BCUT2D eigenvalue weighted by Gasteiger charge is -2.26. The number of nitrogens with one attached hydrogen (secondary N) is 1. The largest absolute Gasteiger partial charge is 0.480 e. The van der Waals surface area contributed by atoms with Crippen molar-refractivity contribution in [2.75, 3.05) is 27.3 Å². The normalized spacial score (nSPS) is 24.4. The zero-order valence-electron chi connectivity index (χ0n) is 10.8. The van der Waals surface area contributed by atoms with Gasteiger partial charge in [0.1, 0.15) is 11.3 Å². The summed E-state index contributed by atoms with van der Waals surface area (Å²) in [5.74, 6) is 0.713. The third-order valence-corrected chi connectivity index (χ3v) is 3.22. The van der Waals surface area contributed by atoms with Crippen molar-refractivity contribution in [2.24, 2.45) is 0 Å². The molecule has 0 spiro atoms. The molecule has 1 saturated heterocycles. The Balaban J connectivity index is 2.35. The van der Waals surface area contributed by atoms with Gasteiger partial charge in [-0.15, -0.1) is 0 Å². The molecule has 6 nitrogen and oxygen atoms in total. The highest BCUT2D eigenvalue weighted by molar-refractivity contribution is 5.28. The van der Waals surface area contributed by atoms with Crippen molar-refractivity contribution in [3.05, 3.63) is 11.9 Å². The van der Waals surface area contributed by atoms with E-state index >= 15 is 0 Å². The Kier molecular flexibility index (Phi) is 3.98. The first-order valence-electron chi connectivity index (χ1n) is 6.08. The van der Waals surface area contributed by atoms with Crippen molar-refractivity contribution in [3.8, 4) is 11.8 Å². The molecule has 0 bridgehead atoms. The maximum atomic E-state index is 10.7. The summed E-state index contributed by atoms with van der Waals surface area (Å²) in [6.45, 7) is 1.67. The number of methoxy groups -OCH3 is 2. The van der Waals surface area contributed by atoms with Gasteiger partial charge in [0, 0.05) is 0 Å². The van der Waals surface area contributed by atoms with E-state index in [1.54, 1.807) is 0 Å². The molecular formula is C12H19N3O3. The summed E-state index contributed by atoms with van der Waals surface area (Å²) in [5.41, 5.74) is -0.483. The van der Waals surface area contributed by atoms with Crippen LogP contribution in [0.1, 0.15) is 25.0 Å². The zero-order valence-corrected chi connectivity index (χ0v) is 10.8. The molecule has 1 aromatic rings. The Morgan fingerprint density at radius 2 is 2.11 bits per heavy atom. The number of aromatic nitrogens is 2. The fraction of sp³-hybridized carbons (Fsp3) is 0.667. The third kappa shape index (κ3) is 2.54. The lowest BCUT2D eigenvalue weighted by Crippen LogP contribution is -2.29. The third-order valence-electron chi connectivity index (χ3n) is 3.22. The molecule has 0 aromatic carbocycles. The van der Waals surface area contributed by atoms with Crippen LogP contribution in [0, 0.1) is 0 Å². The summed E-state index contributed by atoms with van der Waals surface area (Å²) in [6, 6.07) is 0. The second-order valence-corrected chi connectivity index (χ2v) is 4.41. The quantitative estimate of drug-likeness (QED) is 0.814. The maximum Gasteiger partial charge on any atom is 0.241 e. The summed E-state index contributed by atoms with van der Waals surface area (Å²) < 4.78 is 10.2. The lowest BCUT2D eigenvalue weighted by molar-refractivity contribution is 0.0165. The molecule has 1 aromatic heterocycles. The van der Waals surface area contributed by atoms with Crippen LogP contribution in [0.3, 0.4) is 0 Å². The first-order chi connectivity index (χ1) is 8.69. The minimum Gasteiger partial charge on any atom is -0.480 e. The van der Waals surface area contributed by atoms with E-state index in [0.29, 0.717) is 30.3 Å². The summed E-state index contributed by atoms with van der Waals surface area (Å²) in [5, 5.41) is 14.0. The molecule has 1 atom stereocenters. The van der Waals surface area contributed by atoms with Crippen molar-refractivity contribution in [3.63, 3.8) is 0 Å². The molecule has 2 N–H and O–H groups in total. The second kappa shape index (κ2) is 5.49. The molecule has 18 heavy (non-hydrogen) atoms. The molecule has 1 aliphatic rings. The molecule has 2 heterocycles. The molecule has 0 radical (unpaired) electrons. The highest BCUT2D eigenvalue weighted by atomic mass is 16.5. The Bertz CT molecular complexity index is 404. The van der Waals surface area contributed by atoms with Crippen molar-refractivity contribution in [1.29, 1.82) is 0 Å². The summed E-state index contributed by atoms with van der Waals surface area (Å²) in [4.78, 5) is 8.44. The molecule has 1 aliphatic heterocycles. The summed E-state index contributed by atoms with van der Waals surface area (Å²) in [7, 11) is 3.04. The van der Waals surface area contributed by atoms with Crippen LogP contribution in [0.4, 0.5) is 0 Å². The smallest absolute Gasteiger partial charge is 0.241 e. The zero-order chi connectivity index (χ0) is 13.0. The Labute approximate surface area is 106 Å². The average Bonchev–Trinajstić information content (AvgIpc) is 2.63. The first-order valence-corrected chi connectivity index (χ1v) is 6.08. The minimum atomic E-state index is -0.978. The molecule has 0 amide bonds. The van der Waals surface area contributed by atoms with Crippen LogP contribution in [0.5, 0.6) is 11.8 Å². The van der Waals surface area contributed by atoms with Crippen LogP contribution in [0.25, 0.3) is 0 Å². The van der Waals surface area contributed by atoms with Crippen molar-refractivity contribution in [1.82, 2.24) is 15.3 Å². The van der Waals surface area contributed by atoms with Gasteiger partial charge in [-0.2, -0.15) is 4.98 Å². The van der Waals surface area contributed by atoms with Gasteiger partial charge in [-0.25, -0.2) is 4.98 Å². The highest BCUT2D eigenvalue weighted by Crippen LogP contribution is 2.35. The minimum absolute atomic E-state index is 0.332. The highest BCUT2D eigenvalue weighted by Gasteiger charge is 2.35. The SMILES string of the molecule is COc1cnc(C2(O)CCCNCC2)c(OC)n1. The topological polar surface area (TPSA) is 76.5 Å². The van der Waals surface area contributed by atoms with E-state index in [9.17, 15) is 5.11 Å². The Morgan fingerprint density at radius 1 is 1.28 bits per heavy atom. The fourth-order valence-electron chi connectivity index (χ4n) is 2.20. The van der Waals surface area contributed by atoms with E-state index in [1.807, 2.05) is 0 Å². The number of aliphatic hydroxyl groups is 1. The number of ether oxygens (including phenoxy) is 2. The predicted molar refractivity (Wildman–Crippen MR) is 65.8 cm³/mol. The molecule has 6 heteroatoms. The van der Waals surface area contributed by atoms with Gasteiger partial charge in [-0.1, -0.05) is 0 Å². The summed E-state index contributed by atoms with van der Waals surface area (Å²) >= 11 is 0. The van der Waals surface area contributed by atoms with Gasteiger partial charge in [0.25, 0.3) is 0 Å². The van der Waals surface area contributed by atoms with E-state index in [-0.39, 0.29) is 0 Å². The van der Waals surface area contributed by atoms with E-state index < -0.39 is 5.60 Å². The van der Waals surface area contributed by atoms with Crippen LogP contribution in [0.15, 0.2) is 6.20 Å². The molecule has 1 unspecified atom stereocenters. The first kappa shape index (κ1) is 13.0. The molecule has 1 fully saturated rings. The number of rotatable bonds is 3. The van der Waals surface area contributed by atoms with Gasteiger partial charge in [0.05, 0.1) is 20.4 Å². The van der Waals surface area contributed by atoms with E-state index in [1.165, 1.54) is 20.4 Å². The van der Waals surface area contributed by atoms with Crippen molar-refractivity contribution >= 4 is 0 Å². The molecule has 100 valence electrons. The van der Waals surface area contributed by atoms with Crippen molar-refractivity contribution < 1.29 is 14.6 Å². The molecule has 2 rings (SSSR count). The molecule has 0 saturated carbocycles. The average molecular weight is 253 g/mol. The Hall–Kier alpha value is -1.40. The lowest BCUT2D eigenvalue weighted by atomic mass is 9.91. The van der Waals surface area contributed by atoms with Crippen LogP contribution in [-0.4, -0.2) is 42.4 Å². The maximum absolute atomic E-state index is 10.7. The van der Waals surface area contributed by atoms with Gasteiger partial charge in [0.2, 0.25) is 11.8 Å². The number of nitrogens with zero attached hydrogens (tertiary/aromatic N) is 2. The Morgan fingerprint density at radius 3 is 2.83 bits per heavy atom. The van der Waals surface area contributed by atoms with Crippen molar-refractivity contribution in [2.45, 2.75) is 24.9 Å². The number of hydrogen-bond donors (Lipinski definition) is 2. The number of hydrogen-bond acceptors (Lipinski definition) is 6. The standard InChI is InChI=1S/C12H19N3O3/c1-17-9-8-14-10(11(15-9)18-2)12(16)4-3-6-13-7-5-12/h8,13,16H,3-7H2,1-2H3. The van der Waals surface area contributed by atoms with Gasteiger partial charge in [-0.3, -0.25) is 0 Å². The van der Waals surface area contributed by atoms with Crippen LogP contribution in [0.2, 0.25) is 0 Å². The fourth-order valence-corrected chi connectivity index (χ4v) is 2.20. The van der Waals surface area contributed by atoms with E-state index in [4.69, 9.17) is 9.47 Å². The van der Waals surface area contributed by atoms with Gasteiger partial charge < -0.3 is 19.9 Å². The monoisotopic (exact) mass is 253 g/mol. The van der Waals surface area contributed by atoms with Gasteiger partial charge in [0.15, 0.2) is 0 Å². The molecular weight excluding hydrogens is 234 g/mol. The van der Waals surface area contributed by atoms with E-state index in [2.05, 4.69) is 15.3 Å². The van der Waals surface area contributed by atoms with Crippen LogP contribution in [-0.2, 0) is 5.60 Å². The second-order valence-electron chi connectivity index (χ2n) is 4.41. The van der Waals surface area contributed by atoms with E-state index in [0.717, 1.165) is 19.5 Å². The summed E-state index contributed by atoms with van der Waals surface area (Å²) in [6.07, 6.45) is 3.66. The predicted octanol–water partition coefficient (Wildman–Crippen LogP) is 0.455. The van der Waals surface area contributed by atoms with Crippen LogP contribution < -0.4 is 14.8 Å².